The van der Waals surface area contributed by atoms with Crippen LogP contribution in [0.1, 0.15) is 47.3 Å². The first-order chi connectivity index (χ1) is 12.2. The van der Waals surface area contributed by atoms with Crippen molar-refractivity contribution in [1.82, 2.24) is 10.3 Å². The van der Waals surface area contributed by atoms with Crippen molar-refractivity contribution in [2.45, 2.75) is 51.7 Å². The zero-order valence-corrected chi connectivity index (χ0v) is 14.2. The van der Waals surface area contributed by atoms with E-state index in [0.717, 1.165) is 48.1 Å². The van der Waals surface area contributed by atoms with Crippen LogP contribution in [0.15, 0.2) is 30.3 Å². The lowest BCUT2D eigenvalue weighted by atomic mass is 9.86. The minimum absolute atomic E-state index is 0.0508. The molecule has 0 unspecified atom stereocenters. The van der Waals surface area contributed by atoms with E-state index in [1.165, 1.54) is 6.07 Å². The highest BCUT2D eigenvalue weighted by Gasteiger charge is 2.17. The zero-order chi connectivity index (χ0) is 17.6. The van der Waals surface area contributed by atoms with Gasteiger partial charge in [-0.2, -0.15) is 0 Å². The molecule has 1 heterocycles. The van der Waals surface area contributed by atoms with Crippen molar-refractivity contribution in [2.24, 2.45) is 0 Å². The van der Waals surface area contributed by atoms with Crippen LogP contribution in [0.4, 0.5) is 4.39 Å². The molecule has 0 saturated heterocycles. The minimum Gasteiger partial charge on any atom is -0.390 e. The van der Waals surface area contributed by atoms with E-state index in [1.54, 1.807) is 6.07 Å². The molecule has 1 amide bonds. The van der Waals surface area contributed by atoms with E-state index in [9.17, 15) is 9.18 Å². The first-order valence-electron chi connectivity index (χ1n) is 8.79. The van der Waals surface area contributed by atoms with Crippen molar-refractivity contribution >= 4 is 5.91 Å². The molecular weight excluding hydrogens is 319 g/mol. The summed E-state index contributed by atoms with van der Waals surface area (Å²) in [5.41, 5.74) is 4.35. The van der Waals surface area contributed by atoms with Gasteiger partial charge in [-0.05, 0) is 67.0 Å². The van der Waals surface area contributed by atoms with Crippen LogP contribution in [-0.2, 0) is 37.2 Å². The lowest BCUT2D eigenvalue weighted by Gasteiger charge is -2.20. The van der Waals surface area contributed by atoms with Crippen LogP contribution in [0.25, 0.3) is 0 Å². The number of aromatic nitrogens is 1. The van der Waals surface area contributed by atoms with Gasteiger partial charge in [-0.15, -0.1) is 0 Å². The second kappa shape index (κ2) is 8.21. The molecule has 132 valence electrons. The standard InChI is InChI=1S/C20H23FN2O2/c21-19-10-8-14(17-6-1-2-7-18(17)19)9-11-20(25)22-12-15-4-3-5-16(13-24)23-15/h3-5,8,10,24H,1-2,6-7,9,11-13H2,(H,22,25). The summed E-state index contributed by atoms with van der Waals surface area (Å²) in [5, 5.41) is 11.9. The highest BCUT2D eigenvalue weighted by molar-refractivity contribution is 5.76. The number of pyridine rings is 1. The molecule has 0 saturated carbocycles. The number of hydrogen-bond acceptors (Lipinski definition) is 3. The highest BCUT2D eigenvalue weighted by Crippen LogP contribution is 2.27. The van der Waals surface area contributed by atoms with Gasteiger partial charge in [0.25, 0.3) is 0 Å². The van der Waals surface area contributed by atoms with Gasteiger partial charge >= 0.3 is 0 Å². The molecule has 0 fully saturated rings. The number of halogens is 1. The average molecular weight is 342 g/mol. The van der Waals surface area contributed by atoms with Crippen molar-refractivity contribution in [3.8, 4) is 0 Å². The summed E-state index contributed by atoms with van der Waals surface area (Å²) in [6.07, 6.45) is 4.82. The maximum absolute atomic E-state index is 13.9. The van der Waals surface area contributed by atoms with Crippen molar-refractivity contribution < 1.29 is 14.3 Å². The van der Waals surface area contributed by atoms with Crippen LogP contribution in [0.2, 0.25) is 0 Å². The lowest BCUT2D eigenvalue weighted by Crippen LogP contribution is -2.24. The summed E-state index contributed by atoms with van der Waals surface area (Å²) in [4.78, 5) is 16.4. The fraction of sp³-hybridized carbons (Fsp3) is 0.400. The third kappa shape index (κ3) is 4.42. The largest absolute Gasteiger partial charge is 0.390 e. The molecule has 0 radical (unpaired) electrons. The maximum Gasteiger partial charge on any atom is 0.220 e. The highest BCUT2D eigenvalue weighted by atomic mass is 19.1. The van der Waals surface area contributed by atoms with Gasteiger partial charge in [-0.3, -0.25) is 9.78 Å². The first-order valence-corrected chi connectivity index (χ1v) is 8.79. The predicted molar refractivity (Wildman–Crippen MR) is 93.4 cm³/mol. The second-order valence-corrected chi connectivity index (χ2v) is 6.43. The van der Waals surface area contributed by atoms with E-state index in [-0.39, 0.29) is 18.3 Å². The molecule has 1 aromatic heterocycles. The van der Waals surface area contributed by atoms with Gasteiger partial charge < -0.3 is 10.4 Å². The summed E-state index contributed by atoms with van der Waals surface area (Å²) in [6.45, 7) is 0.228. The molecular formula is C20H23FN2O2. The van der Waals surface area contributed by atoms with E-state index in [0.29, 0.717) is 25.1 Å². The van der Waals surface area contributed by atoms with Gasteiger partial charge in [-0.1, -0.05) is 12.1 Å². The molecule has 0 atom stereocenters. The Bertz CT molecular complexity index is 761. The Morgan fingerprint density at radius 2 is 1.88 bits per heavy atom. The smallest absolute Gasteiger partial charge is 0.220 e. The quantitative estimate of drug-likeness (QED) is 0.848. The average Bonchev–Trinajstić information content (AvgIpc) is 2.66. The molecule has 0 bridgehead atoms. The third-order valence-electron chi connectivity index (χ3n) is 4.69. The number of fused-ring (bicyclic) bond motifs is 1. The summed E-state index contributed by atoms with van der Waals surface area (Å²) in [6, 6.07) is 8.71. The molecule has 1 aromatic carbocycles. The Hall–Kier alpha value is -2.27. The van der Waals surface area contributed by atoms with Gasteiger partial charge in [0.1, 0.15) is 5.82 Å². The van der Waals surface area contributed by atoms with Gasteiger partial charge in [-0.25, -0.2) is 4.39 Å². The summed E-state index contributed by atoms with van der Waals surface area (Å²) in [5.74, 6) is -0.164. The maximum atomic E-state index is 13.9. The molecule has 5 heteroatoms. The monoisotopic (exact) mass is 342 g/mol. The molecule has 2 N–H and O–H groups in total. The number of rotatable bonds is 6. The Kier molecular flexibility index (Phi) is 5.76. The first kappa shape index (κ1) is 17.5. The van der Waals surface area contributed by atoms with Gasteiger partial charge in [0, 0.05) is 6.42 Å². The van der Waals surface area contributed by atoms with E-state index >= 15 is 0 Å². The number of aryl methyl sites for hydroxylation is 1. The number of aliphatic hydroxyl groups is 1. The van der Waals surface area contributed by atoms with Crippen molar-refractivity contribution in [2.75, 3.05) is 0 Å². The van der Waals surface area contributed by atoms with Crippen LogP contribution in [0.3, 0.4) is 0 Å². The molecule has 3 rings (SSSR count). The van der Waals surface area contributed by atoms with Crippen molar-refractivity contribution in [1.29, 1.82) is 0 Å². The Morgan fingerprint density at radius 3 is 2.68 bits per heavy atom. The summed E-state index contributed by atoms with van der Waals surface area (Å²) >= 11 is 0. The lowest BCUT2D eigenvalue weighted by molar-refractivity contribution is -0.121. The number of amides is 1. The van der Waals surface area contributed by atoms with Crippen molar-refractivity contribution in [3.05, 3.63) is 64.2 Å². The van der Waals surface area contributed by atoms with Crippen molar-refractivity contribution in [3.63, 3.8) is 0 Å². The van der Waals surface area contributed by atoms with Gasteiger partial charge in [0.15, 0.2) is 0 Å². The molecule has 1 aliphatic rings. The molecule has 25 heavy (non-hydrogen) atoms. The second-order valence-electron chi connectivity index (χ2n) is 6.43. The van der Waals surface area contributed by atoms with E-state index < -0.39 is 0 Å². The Labute approximate surface area is 147 Å². The summed E-state index contributed by atoms with van der Waals surface area (Å²) in [7, 11) is 0. The molecule has 0 spiro atoms. The number of carbonyl (C=O) groups is 1. The number of aliphatic hydroxyl groups excluding tert-OH is 1. The van der Waals surface area contributed by atoms with Crippen LogP contribution in [-0.4, -0.2) is 16.0 Å². The number of nitrogens with zero attached hydrogens (tertiary/aromatic N) is 1. The third-order valence-corrected chi connectivity index (χ3v) is 4.69. The number of nitrogens with one attached hydrogen (secondary N) is 1. The van der Waals surface area contributed by atoms with Crippen LogP contribution in [0.5, 0.6) is 0 Å². The van der Waals surface area contributed by atoms with E-state index in [1.807, 2.05) is 18.2 Å². The summed E-state index contributed by atoms with van der Waals surface area (Å²) < 4.78 is 13.9. The normalized spacial score (nSPS) is 13.4. The van der Waals surface area contributed by atoms with E-state index in [2.05, 4.69) is 10.3 Å². The predicted octanol–water partition coefficient (Wildman–Crippen LogP) is 2.84. The topological polar surface area (TPSA) is 62.2 Å². The fourth-order valence-corrected chi connectivity index (χ4v) is 3.37. The molecule has 2 aromatic rings. The number of benzene rings is 1. The molecule has 1 aliphatic carbocycles. The van der Waals surface area contributed by atoms with Crippen LogP contribution >= 0.6 is 0 Å². The SMILES string of the molecule is O=C(CCc1ccc(F)c2c1CCCC2)NCc1cccc(CO)n1. The van der Waals surface area contributed by atoms with Crippen LogP contribution < -0.4 is 5.32 Å². The number of carbonyl (C=O) groups excluding carboxylic acids is 1. The molecule has 4 nitrogen and oxygen atoms in total. The van der Waals surface area contributed by atoms with Gasteiger partial charge in [0.2, 0.25) is 5.91 Å². The fourth-order valence-electron chi connectivity index (χ4n) is 3.37. The number of hydrogen-bond donors (Lipinski definition) is 2. The molecule has 0 aliphatic heterocycles. The Morgan fingerprint density at radius 1 is 1.12 bits per heavy atom. The zero-order valence-electron chi connectivity index (χ0n) is 14.2. The van der Waals surface area contributed by atoms with E-state index in [4.69, 9.17) is 5.11 Å². The Balaban J connectivity index is 1.56. The van der Waals surface area contributed by atoms with Gasteiger partial charge in [0.05, 0.1) is 24.5 Å². The minimum atomic E-state index is -0.114. The van der Waals surface area contributed by atoms with Crippen LogP contribution in [0, 0.1) is 5.82 Å².